The van der Waals surface area contributed by atoms with Gasteiger partial charge < -0.3 is 4.74 Å². The van der Waals surface area contributed by atoms with E-state index in [4.69, 9.17) is 4.74 Å². The molecule has 30 heavy (non-hydrogen) atoms. The second-order valence-corrected chi connectivity index (χ2v) is 9.56. The van der Waals surface area contributed by atoms with Crippen molar-refractivity contribution in [1.29, 1.82) is 0 Å². The summed E-state index contributed by atoms with van der Waals surface area (Å²) in [7, 11) is 0. The van der Waals surface area contributed by atoms with Crippen LogP contribution in [0, 0.1) is 0 Å². The largest absolute Gasteiger partial charge is 0.463 e. The Bertz CT molecular complexity index is 340. The van der Waals surface area contributed by atoms with Crippen LogP contribution in [-0.2, 0) is 9.53 Å². The highest BCUT2D eigenvalue weighted by Crippen LogP contribution is 2.15. The van der Waals surface area contributed by atoms with Crippen molar-refractivity contribution < 1.29 is 9.53 Å². The van der Waals surface area contributed by atoms with Gasteiger partial charge in [-0.1, -0.05) is 142 Å². The standard InChI is InChI=1S/C28H56O2/c1-4-6-8-9-10-11-12-13-14-15-16-17-18-19-20-21-22-23-24-26-28(29)30-27(3)25-7-5-2/h27H,4-26H2,1-3H3. The van der Waals surface area contributed by atoms with Crippen molar-refractivity contribution in [3.63, 3.8) is 0 Å². The smallest absolute Gasteiger partial charge is 0.306 e. The third kappa shape index (κ3) is 23.7. The van der Waals surface area contributed by atoms with E-state index in [1.54, 1.807) is 0 Å². The molecule has 2 nitrogen and oxygen atoms in total. The molecule has 1 unspecified atom stereocenters. The molecule has 0 N–H and O–H groups in total. The summed E-state index contributed by atoms with van der Waals surface area (Å²) in [4.78, 5) is 11.8. The minimum atomic E-state index is 0.00516. The van der Waals surface area contributed by atoms with Gasteiger partial charge in [0.15, 0.2) is 0 Å². The van der Waals surface area contributed by atoms with E-state index in [1.807, 2.05) is 6.92 Å². The summed E-state index contributed by atoms with van der Waals surface area (Å²) in [6.07, 6.45) is 30.3. The molecule has 0 fully saturated rings. The minimum Gasteiger partial charge on any atom is -0.463 e. The maximum Gasteiger partial charge on any atom is 0.306 e. The van der Waals surface area contributed by atoms with Gasteiger partial charge in [-0.3, -0.25) is 4.79 Å². The van der Waals surface area contributed by atoms with E-state index < -0.39 is 0 Å². The average Bonchev–Trinajstić information content (AvgIpc) is 2.73. The van der Waals surface area contributed by atoms with Gasteiger partial charge in [-0.2, -0.15) is 0 Å². The summed E-state index contributed by atoms with van der Waals surface area (Å²) in [5.41, 5.74) is 0. The highest BCUT2D eigenvalue weighted by Gasteiger charge is 2.08. The molecule has 0 aliphatic carbocycles. The van der Waals surface area contributed by atoms with Crippen molar-refractivity contribution in [2.45, 2.75) is 175 Å². The van der Waals surface area contributed by atoms with Crippen LogP contribution in [0.4, 0.5) is 0 Å². The predicted octanol–water partition coefficient (Wildman–Crippen LogP) is 9.93. The molecule has 0 amide bonds. The molecule has 0 spiro atoms. The second-order valence-electron chi connectivity index (χ2n) is 9.56. The quantitative estimate of drug-likeness (QED) is 0.114. The zero-order valence-corrected chi connectivity index (χ0v) is 21.2. The molecule has 0 aliphatic heterocycles. The van der Waals surface area contributed by atoms with Crippen LogP contribution in [0.2, 0.25) is 0 Å². The first-order valence-corrected chi connectivity index (χ1v) is 13.9. The number of esters is 1. The molecule has 180 valence electrons. The summed E-state index contributed by atoms with van der Waals surface area (Å²) in [6, 6.07) is 0. The summed E-state index contributed by atoms with van der Waals surface area (Å²) >= 11 is 0. The molecule has 0 aromatic heterocycles. The first-order chi connectivity index (χ1) is 14.7. The average molecular weight is 425 g/mol. The lowest BCUT2D eigenvalue weighted by molar-refractivity contribution is -0.148. The van der Waals surface area contributed by atoms with Gasteiger partial charge in [-0.25, -0.2) is 0 Å². The van der Waals surface area contributed by atoms with Crippen molar-refractivity contribution in [2.24, 2.45) is 0 Å². The van der Waals surface area contributed by atoms with Crippen molar-refractivity contribution >= 4 is 5.97 Å². The zero-order valence-electron chi connectivity index (χ0n) is 21.2. The molecule has 0 aromatic rings. The molecule has 0 rings (SSSR count). The van der Waals surface area contributed by atoms with E-state index in [0.29, 0.717) is 6.42 Å². The van der Waals surface area contributed by atoms with E-state index in [9.17, 15) is 4.79 Å². The summed E-state index contributed by atoms with van der Waals surface area (Å²) < 4.78 is 5.45. The molecule has 0 heterocycles. The molecule has 0 bridgehead atoms. The van der Waals surface area contributed by atoms with Crippen LogP contribution in [0.1, 0.15) is 168 Å². The lowest BCUT2D eigenvalue weighted by Crippen LogP contribution is -2.14. The fourth-order valence-corrected chi connectivity index (χ4v) is 4.18. The highest BCUT2D eigenvalue weighted by atomic mass is 16.5. The molecule has 0 aliphatic rings. The van der Waals surface area contributed by atoms with Crippen LogP contribution in [-0.4, -0.2) is 12.1 Å². The van der Waals surface area contributed by atoms with Crippen molar-refractivity contribution in [3.05, 3.63) is 0 Å². The van der Waals surface area contributed by atoms with Crippen LogP contribution in [0.25, 0.3) is 0 Å². The number of carbonyl (C=O) groups excluding carboxylic acids is 1. The Morgan fingerprint density at radius 2 is 0.867 bits per heavy atom. The van der Waals surface area contributed by atoms with E-state index in [-0.39, 0.29) is 12.1 Å². The fraction of sp³-hybridized carbons (Fsp3) is 0.964. The lowest BCUT2D eigenvalue weighted by Gasteiger charge is -2.12. The van der Waals surface area contributed by atoms with Gasteiger partial charge in [0.05, 0.1) is 6.10 Å². The van der Waals surface area contributed by atoms with E-state index in [1.165, 1.54) is 122 Å². The maximum atomic E-state index is 11.8. The Labute approximate surface area is 190 Å². The number of hydrogen-bond donors (Lipinski definition) is 0. The highest BCUT2D eigenvalue weighted by molar-refractivity contribution is 5.69. The molecule has 0 saturated carbocycles. The first-order valence-electron chi connectivity index (χ1n) is 13.9. The van der Waals surface area contributed by atoms with Crippen molar-refractivity contribution in [3.8, 4) is 0 Å². The van der Waals surface area contributed by atoms with Crippen molar-refractivity contribution in [1.82, 2.24) is 0 Å². The third-order valence-corrected chi connectivity index (χ3v) is 6.28. The Balaban J connectivity index is 3.15. The van der Waals surface area contributed by atoms with Crippen LogP contribution >= 0.6 is 0 Å². The van der Waals surface area contributed by atoms with Crippen LogP contribution in [0.3, 0.4) is 0 Å². The first kappa shape index (κ1) is 29.5. The maximum absolute atomic E-state index is 11.8. The Hall–Kier alpha value is -0.530. The molecule has 0 aromatic carbocycles. The summed E-state index contributed by atoms with van der Waals surface area (Å²) in [5.74, 6) is 0.00516. The van der Waals surface area contributed by atoms with Gasteiger partial charge in [0.25, 0.3) is 0 Å². The number of carbonyl (C=O) groups is 1. The molecule has 0 saturated heterocycles. The topological polar surface area (TPSA) is 26.3 Å². The number of unbranched alkanes of at least 4 members (excludes halogenated alkanes) is 19. The Morgan fingerprint density at radius 1 is 0.533 bits per heavy atom. The molecular weight excluding hydrogens is 368 g/mol. The SMILES string of the molecule is CCCCCCCCCCCCCCCCCCCCCC(=O)OC(C)CCCC. The van der Waals surface area contributed by atoms with E-state index in [2.05, 4.69) is 13.8 Å². The molecule has 1 atom stereocenters. The van der Waals surface area contributed by atoms with Gasteiger partial charge in [-0.05, 0) is 19.8 Å². The van der Waals surface area contributed by atoms with Crippen molar-refractivity contribution in [2.75, 3.05) is 0 Å². The fourth-order valence-electron chi connectivity index (χ4n) is 4.18. The van der Waals surface area contributed by atoms with Gasteiger partial charge in [-0.15, -0.1) is 0 Å². The van der Waals surface area contributed by atoms with Gasteiger partial charge in [0, 0.05) is 6.42 Å². The van der Waals surface area contributed by atoms with E-state index in [0.717, 1.165) is 19.3 Å². The second kappa shape index (κ2) is 24.7. The van der Waals surface area contributed by atoms with E-state index >= 15 is 0 Å². The van der Waals surface area contributed by atoms with Gasteiger partial charge in [0.1, 0.15) is 0 Å². The molecule has 0 radical (unpaired) electrons. The zero-order chi connectivity index (χ0) is 22.1. The summed E-state index contributed by atoms with van der Waals surface area (Å²) in [5, 5.41) is 0. The van der Waals surface area contributed by atoms with Gasteiger partial charge >= 0.3 is 5.97 Å². The molecule has 2 heteroatoms. The lowest BCUT2D eigenvalue weighted by atomic mass is 10.0. The van der Waals surface area contributed by atoms with Crippen LogP contribution in [0.5, 0.6) is 0 Å². The Kier molecular flexibility index (Phi) is 24.3. The number of rotatable bonds is 24. The van der Waals surface area contributed by atoms with Crippen LogP contribution < -0.4 is 0 Å². The third-order valence-electron chi connectivity index (χ3n) is 6.28. The Morgan fingerprint density at radius 3 is 1.23 bits per heavy atom. The monoisotopic (exact) mass is 424 g/mol. The number of hydrogen-bond acceptors (Lipinski definition) is 2. The molecular formula is C28H56O2. The predicted molar refractivity (Wildman–Crippen MR) is 133 cm³/mol. The minimum absolute atomic E-state index is 0.00516. The van der Waals surface area contributed by atoms with Gasteiger partial charge in [0.2, 0.25) is 0 Å². The van der Waals surface area contributed by atoms with Crippen LogP contribution in [0.15, 0.2) is 0 Å². The number of ether oxygens (including phenoxy) is 1. The normalized spacial score (nSPS) is 12.2. The summed E-state index contributed by atoms with van der Waals surface area (Å²) in [6.45, 7) is 6.48.